The number of ether oxygens (including phenoxy) is 6. The van der Waals surface area contributed by atoms with Crippen molar-refractivity contribution in [3.63, 3.8) is 0 Å². The van der Waals surface area contributed by atoms with Gasteiger partial charge in [-0.15, -0.1) is 0 Å². The van der Waals surface area contributed by atoms with Gasteiger partial charge in [0.15, 0.2) is 0 Å². The number of hydrogen-bond acceptors (Lipinski definition) is 12. The van der Waals surface area contributed by atoms with Gasteiger partial charge >= 0.3 is 11.9 Å². The first kappa shape index (κ1) is 65.4. The molecule has 0 radical (unpaired) electrons. The molecule has 0 N–H and O–H groups in total. The second-order valence-electron chi connectivity index (χ2n) is 28.5. The first-order valence-corrected chi connectivity index (χ1v) is 34.5. The Hall–Kier alpha value is -9.30. The number of hydrogen-bond donors (Lipinski definition) is 0. The molecule has 2 heterocycles. The van der Waals surface area contributed by atoms with Crippen LogP contribution in [0.1, 0.15) is 243 Å². The summed E-state index contributed by atoms with van der Waals surface area (Å²) in [6.45, 7) is 27.8. The minimum Gasteiger partial charge on any atom is -0.461 e. The van der Waals surface area contributed by atoms with Crippen LogP contribution in [0.5, 0.6) is 46.0 Å². The van der Waals surface area contributed by atoms with Crippen LogP contribution in [0.25, 0.3) is 43.1 Å². The van der Waals surface area contributed by atoms with Crippen LogP contribution in [-0.2, 0) is 19.1 Å². The topological polar surface area (TPSA) is 164 Å². The molecule has 9 aromatic carbocycles. The number of amides is 4. The summed E-state index contributed by atoms with van der Waals surface area (Å²) in [6.07, 6.45) is 7.64. The molecule has 2 fully saturated rings. The first-order chi connectivity index (χ1) is 45.9. The number of nitrogens with zero attached hydrogens (tertiary/aromatic N) is 2. The molecule has 496 valence electrons. The summed E-state index contributed by atoms with van der Waals surface area (Å²) in [6, 6.07) is 27.7. The first-order valence-electron chi connectivity index (χ1n) is 34.5. The van der Waals surface area contributed by atoms with Crippen LogP contribution in [0.3, 0.4) is 0 Å². The standard InChI is InChI=1S/C82H86N2O12/c1-41(2)51-25-29-61(45(9)33-51)93-65-37-57-69-58(78(86)83(77(57)85)49(13)81(89)91-55-21-17-15-18-22-55)39-67(95-63-31-27-53(43(5)6)35-47(63)11)73-74-68(96-64-32-28-54(44(7)8)36-48(64)12)40-60-70-59(79(87)84(80(60)88)50(14)82(90)92-56-23-19-16-20-24-56)38-66(72(76(70)74)71(65)75(69)73)94-62-30-26-52(42(3)4)34-46(62)10/h25-44,49-50,55-56H,15-24H2,1-14H3. The van der Waals surface area contributed by atoms with Gasteiger partial charge in [0.2, 0.25) is 0 Å². The van der Waals surface area contributed by atoms with Crippen molar-refractivity contribution in [1.29, 1.82) is 0 Å². The highest BCUT2D eigenvalue weighted by atomic mass is 16.6. The summed E-state index contributed by atoms with van der Waals surface area (Å²) in [5, 5.41) is 2.59. The highest BCUT2D eigenvalue weighted by molar-refractivity contribution is 6.45. The van der Waals surface area contributed by atoms with Crippen LogP contribution < -0.4 is 18.9 Å². The van der Waals surface area contributed by atoms with Gasteiger partial charge in [-0.1, -0.05) is 117 Å². The number of carbonyl (C=O) groups is 6. The van der Waals surface area contributed by atoms with Crippen molar-refractivity contribution in [3.8, 4) is 46.0 Å². The number of imide groups is 2. The van der Waals surface area contributed by atoms with Crippen molar-refractivity contribution in [2.45, 2.75) is 209 Å². The zero-order valence-corrected chi connectivity index (χ0v) is 57.7. The lowest BCUT2D eigenvalue weighted by Crippen LogP contribution is -2.50. The third kappa shape index (κ3) is 11.5. The number of rotatable bonds is 18. The van der Waals surface area contributed by atoms with Crippen molar-refractivity contribution in [1.82, 2.24) is 9.80 Å². The predicted octanol–water partition coefficient (Wildman–Crippen LogP) is 20.4. The van der Waals surface area contributed by atoms with Crippen molar-refractivity contribution in [2.75, 3.05) is 0 Å². The molecule has 4 aliphatic rings. The van der Waals surface area contributed by atoms with Crippen LogP contribution in [0.2, 0.25) is 0 Å². The van der Waals surface area contributed by atoms with E-state index < -0.39 is 47.7 Å². The van der Waals surface area contributed by atoms with E-state index in [2.05, 4.69) is 79.7 Å². The lowest BCUT2D eigenvalue weighted by molar-refractivity contribution is -0.155. The van der Waals surface area contributed by atoms with E-state index >= 15 is 19.2 Å². The molecule has 14 heteroatoms. The van der Waals surface area contributed by atoms with Gasteiger partial charge in [-0.2, -0.15) is 0 Å². The van der Waals surface area contributed by atoms with Gasteiger partial charge in [-0.3, -0.25) is 29.0 Å². The summed E-state index contributed by atoms with van der Waals surface area (Å²) in [4.78, 5) is 95.3. The number of fused-ring (bicyclic) bond motifs is 2. The predicted molar refractivity (Wildman–Crippen MR) is 375 cm³/mol. The van der Waals surface area contributed by atoms with Crippen LogP contribution in [0.15, 0.2) is 97.1 Å². The fraction of sp³-hybridized carbons (Fsp3) is 0.390. The van der Waals surface area contributed by atoms with Crippen molar-refractivity contribution >= 4 is 78.7 Å². The molecule has 2 unspecified atom stereocenters. The average Bonchev–Trinajstić information content (AvgIpc) is 0.672. The fourth-order valence-corrected chi connectivity index (χ4v) is 14.7. The van der Waals surface area contributed by atoms with Crippen LogP contribution >= 0.6 is 0 Å². The summed E-state index contributed by atoms with van der Waals surface area (Å²) in [7, 11) is 0. The van der Waals surface area contributed by atoms with Crippen LogP contribution in [0.4, 0.5) is 0 Å². The quantitative estimate of drug-likeness (QED) is 0.0346. The summed E-state index contributed by atoms with van der Waals surface area (Å²) in [5.74, 6) is -1.26. The van der Waals surface area contributed by atoms with Crippen molar-refractivity contribution < 1.29 is 57.2 Å². The van der Waals surface area contributed by atoms with E-state index in [0.29, 0.717) is 81.0 Å². The SMILES string of the molecule is Cc1cc(C(C)C)ccc1Oc1cc2c3c(cc(Oc4ccc(C(C)C)cc4C)c4c5c(Oc6ccc(C(C)C)cc6C)cc6c7c(cc(Oc8ccc(C(C)C)cc8C)c(c1c34)c75)C(=O)N(C(C)C(=O)OC1CCCCC1)C6=O)C(=O)N(C(C)C(=O)OC1CCCCC1)C2=O. The Balaban J connectivity index is 1.20. The maximum absolute atomic E-state index is 16.1. The molecule has 0 saturated heterocycles. The highest BCUT2D eigenvalue weighted by Crippen LogP contribution is 2.59. The Labute approximate surface area is 561 Å². The molecule has 2 saturated carbocycles. The maximum atomic E-state index is 16.1. The van der Waals surface area contributed by atoms with Gasteiger partial charge in [-0.05, 0) is 210 Å². The third-order valence-corrected chi connectivity index (χ3v) is 20.4. The number of benzene rings is 9. The molecule has 0 spiro atoms. The molecule has 13 rings (SSSR count). The molecule has 4 amide bonds. The van der Waals surface area contributed by atoms with E-state index in [1.165, 1.54) is 13.8 Å². The third-order valence-electron chi connectivity index (χ3n) is 20.4. The summed E-state index contributed by atoms with van der Waals surface area (Å²) < 4.78 is 41.9. The zero-order chi connectivity index (χ0) is 68.0. The van der Waals surface area contributed by atoms with E-state index in [1.54, 1.807) is 24.3 Å². The highest BCUT2D eigenvalue weighted by Gasteiger charge is 2.46. The minimum atomic E-state index is -1.35. The second-order valence-corrected chi connectivity index (χ2v) is 28.5. The average molecular weight is 1290 g/mol. The number of aryl methyl sites for hydroxylation is 4. The Morgan fingerprint density at radius 2 is 0.562 bits per heavy atom. The second kappa shape index (κ2) is 25.7. The molecule has 2 aliphatic carbocycles. The minimum absolute atomic E-state index is 0.0618. The van der Waals surface area contributed by atoms with E-state index in [-0.39, 0.29) is 91.9 Å². The van der Waals surface area contributed by atoms with Crippen molar-refractivity contribution in [3.05, 3.63) is 164 Å². The molecule has 2 aliphatic heterocycles. The Morgan fingerprint density at radius 1 is 0.323 bits per heavy atom. The Bertz CT molecular complexity index is 4150. The molecule has 14 nitrogen and oxygen atoms in total. The van der Waals surface area contributed by atoms with E-state index in [1.807, 2.05) is 76.2 Å². The van der Waals surface area contributed by atoms with Gasteiger partial charge in [0.05, 0.1) is 22.3 Å². The fourth-order valence-electron chi connectivity index (χ4n) is 14.7. The van der Waals surface area contributed by atoms with Crippen molar-refractivity contribution in [2.24, 2.45) is 0 Å². The summed E-state index contributed by atoms with van der Waals surface area (Å²) in [5.41, 5.74) is 7.69. The van der Waals surface area contributed by atoms with E-state index in [4.69, 9.17) is 28.4 Å². The van der Waals surface area contributed by atoms with Crippen LogP contribution in [0, 0.1) is 27.7 Å². The molecular formula is C82H86N2O12. The number of carbonyl (C=O) groups excluding carboxylic acids is 6. The normalized spacial score (nSPS) is 16.1. The van der Waals surface area contributed by atoms with Gasteiger partial charge in [0.25, 0.3) is 23.6 Å². The molecular weight excluding hydrogens is 1200 g/mol. The van der Waals surface area contributed by atoms with Gasteiger partial charge in [-0.25, -0.2) is 9.59 Å². The monoisotopic (exact) mass is 1290 g/mol. The molecule has 2 atom stereocenters. The van der Waals surface area contributed by atoms with Gasteiger partial charge in [0.1, 0.15) is 70.3 Å². The Kier molecular flexibility index (Phi) is 17.5. The lowest BCUT2D eigenvalue weighted by atomic mass is 9.80. The lowest BCUT2D eigenvalue weighted by Gasteiger charge is -2.35. The molecule has 96 heavy (non-hydrogen) atoms. The Morgan fingerprint density at radius 3 is 0.781 bits per heavy atom. The summed E-state index contributed by atoms with van der Waals surface area (Å²) >= 11 is 0. The van der Waals surface area contributed by atoms with Gasteiger partial charge < -0.3 is 28.4 Å². The number of esters is 2. The van der Waals surface area contributed by atoms with E-state index in [9.17, 15) is 9.59 Å². The smallest absolute Gasteiger partial charge is 0.329 e. The zero-order valence-electron chi connectivity index (χ0n) is 57.7. The maximum Gasteiger partial charge on any atom is 0.329 e. The van der Waals surface area contributed by atoms with Crippen LogP contribution in [-0.4, -0.2) is 69.7 Å². The molecule has 9 aromatic rings. The van der Waals surface area contributed by atoms with E-state index in [0.717, 1.165) is 92.8 Å². The van der Waals surface area contributed by atoms with Gasteiger partial charge in [0, 0.05) is 43.1 Å². The molecule has 0 aromatic heterocycles. The largest absolute Gasteiger partial charge is 0.461 e. The molecule has 0 bridgehead atoms.